The minimum Gasteiger partial charge on any atom is -0.313 e. The molecule has 1 aliphatic heterocycles. The molecule has 14 heavy (non-hydrogen) atoms. The summed E-state index contributed by atoms with van der Waals surface area (Å²) in [5, 5.41) is 3.50. The van der Waals surface area contributed by atoms with E-state index in [9.17, 15) is 4.39 Å². The Balaban J connectivity index is 1.93. The van der Waals surface area contributed by atoms with Gasteiger partial charge in [-0.1, -0.05) is 18.2 Å². The molecule has 1 saturated heterocycles. The lowest BCUT2D eigenvalue weighted by Gasteiger charge is -2.22. The summed E-state index contributed by atoms with van der Waals surface area (Å²) in [5.74, 6) is 0.583. The molecule has 3 unspecified atom stereocenters. The van der Waals surface area contributed by atoms with Gasteiger partial charge in [-0.3, -0.25) is 0 Å². The number of hydrogen-bond donors (Lipinski definition) is 1. The number of alkyl halides is 1. The first-order chi connectivity index (χ1) is 6.77. The Bertz CT molecular complexity index is 249. The van der Waals surface area contributed by atoms with Crippen molar-refractivity contribution in [3.63, 3.8) is 0 Å². The summed E-state index contributed by atoms with van der Waals surface area (Å²) in [7, 11) is 0. The molecule has 0 spiro atoms. The molecule has 0 radical (unpaired) electrons. The summed E-state index contributed by atoms with van der Waals surface area (Å²) < 4.78 is 13.0. The second-order valence-electron chi connectivity index (χ2n) is 4.28. The summed E-state index contributed by atoms with van der Waals surface area (Å²) in [6.07, 6.45) is 8.91. The van der Waals surface area contributed by atoms with Crippen LogP contribution < -0.4 is 5.32 Å². The molecule has 1 nitrogen and oxygen atoms in total. The molecule has 2 heteroatoms. The van der Waals surface area contributed by atoms with Crippen LogP contribution in [0.2, 0.25) is 0 Å². The highest BCUT2D eigenvalue weighted by atomic mass is 19.1. The Morgan fingerprint density at radius 3 is 2.93 bits per heavy atom. The van der Waals surface area contributed by atoms with Gasteiger partial charge in [0.15, 0.2) is 0 Å². The third-order valence-corrected chi connectivity index (χ3v) is 3.24. The summed E-state index contributed by atoms with van der Waals surface area (Å²) in [4.78, 5) is 0. The first kappa shape index (κ1) is 9.91. The quantitative estimate of drug-likeness (QED) is 0.714. The second kappa shape index (κ2) is 4.26. The molecule has 1 aliphatic carbocycles. The first-order valence-electron chi connectivity index (χ1n) is 5.53. The molecule has 2 rings (SSSR count). The molecule has 0 aromatic carbocycles. The predicted molar refractivity (Wildman–Crippen MR) is 56.9 cm³/mol. The molecule has 1 fully saturated rings. The van der Waals surface area contributed by atoms with Crippen LogP contribution in [0.3, 0.4) is 0 Å². The molecule has 0 amide bonds. The molecule has 1 heterocycles. The van der Waals surface area contributed by atoms with Crippen molar-refractivity contribution in [3.05, 3.63) is 23.8 Å². The van der Waals surface area contributed by atoms with E-state index in [1.165, 1.54) is 12.8 Å². The molecular formula is C12H18FN. The van der Waals surface area contributed by atoms with Crippen LogP contribution in [0.5, 0.6) is 0 Å². The van der Waals surface area contributed by atoms with E-state index in [1.54, 1.807) is 6.92 Å². The summed E-state index contributed by atoms with van der Waals surface area (Å²) in [5.41, 5.74) is 0.847. The van der Waals surface area contributed by atoms with Crippen molar-refractivity contribution in [2.75, 3.05) is 6.54 Å². The van der Waals surface area contributed by atoms with Crippen molar-refractivity contribution in [2.45, 2.75) is 38.4 Å². The van der Waals surface area contributed by atoms with E-state index < -0.39 is 6.17 Å². The van der Waals surface area contributed by atoms with Gasteiger partial charge in [-0.25, -0.2) is 4.39 Å². The SMILES string of the molecule is CC(F)C1=CCC(C2CCCN2)C=C1. The fourth-order valence-electron chi connectivity index (χ4n) is 2.32. The minimum absolute atomic E-state index is 0.583. The normalized spacial score (nSPS) is 34.3. The molecule has 0 bridgehead atoms. The Hall–Kier alpha value is -0.630. The van der Waals surface area contributed by atoms with Crippen LogP contribution in [0.4, 0.5) is 4.39 Å². The maximum Gasteiger partial charge on any atom is 0.122 e. The number of nitrogens with one attached hydrogen (secondary N) is 1. The van der Waals surface area contributed by atoms with Crippen LogP contribution in [0.1, 0.15) is 26.2 Å². The molecule has 3 atom stereocenters. The van der Waals surface area contributed by atoms with Gasteiger partial charge in [0.2, 0.25) is 0 Å². The van der Waals surface area contributed by atoms with E-state index in [1.807, 2.05) is 6.08 Å². The first-order valence-corrected chi connectivity index (χ1v) is 5.53. The molecule has 0 aromatic heterocycles. The van der Waals surface area contributed by atoms with Gasteiger partial charge < -0.3 is 5.32 Å². The lowest BCUT2D eigenvalue weighted by Crippen LogP contribution is -2.29. The molecule has 2 aliphatic rings. The number of rotatable bonds is 2. The average molecular weight is 195 g/mol. The van der Waals surface area contributed by atoms with Gasteiger partial charge in [0.05, 0.1) is 0 Å². The maximum absolute atomic E-state index is 13.0. The van der Waals surface area contributed by atoms with Crippen molar-refractivity contribution >= 4 is 0 Å². The van der Waals surface area contributed by atoms with Crippen molar-refractivity contribution in [1.82, 2.24) is 5.32 Å². The molecular weight excluding hydrogens is 177 g/mol. The van der Waals surface area contributed by atoms with Gasteiger partial charge in [0.1, 0.15) is 6.17 Å². The van der Waals surface area contributed by atoms with E-state index in [4.69, 9.17) is 0 Å². The number of allylic oxidation sites excluding steroid dienone is 3. The zero-order valence-electron chi connectivity index (χ0n) is 8.67. The van der Waals surface area contributed by atoms with Crippen molar-refractivity contribution in [2.24, 2.45) is 5.92 Å². The van der Waals surface area contributed by atoms with E-state index in [2.05, 4.69) is 17.5 Å². The largest absolute Gasteiger partial charge is 0.313 e. The zero-order chi connectivity index (χ0) is 9.97. The fraction of sp³-hybridized carbons (Fsp3) is 0.667. The molecule has 78 valence electrons. The molecule has 1 N–H and O–H groups in total. The number of halogens is 1. The van der Waals surface area contributed by atoms with E-state index in [0.29, 0.717) is 12.0 Å². The Labute approximate surface area is 85.1 Å². The van der Waals surface area contributed by atoms with Crippen molar-refractivity contribution < 1.29 is 4.39 Å². The predicted octanol–water partition coefficient (Wildman–Crippen LogP) is 2.60. The zero-order valence-corrected chi connectivity index (χ0v) is 8.67. The van der Waals surface area contributed by atoms with Gasteiger partial charge in [0, 0.05) is 6.04 Å². The smallest absolute Gasteiger partial charge is 0.122 e. The topological polar surface area (TPSA) is 12.0 Å². The molecule has 0 saturated carbocycles. The lowest BCUT2D eigenvalue weighted by atomic mass is 9.88. The summed E-state index contributed by atoms with van der Waals surface area (Å²) in [6, 6.07) is 0.624. The maximum atomic E-state index is 13.0. The standard InChI is InChI=1S/C12H18FN/c1-9(13)10-4-6-11(7-5-10)12-3-2-8-14-12/h4-6,9,11-12,14H,2-3,7-8H2,1H3. The van der Waals surface area contributed by atoms with Crippen LogP contribution in [0.15, 0.2) is 23.8 Å². The van der Waals surface area contributed by atoms with Gasteiger partial charge in [-0.15, -0.1) is 0 Å². The number of hydrogen-bond acceptors (Lipinski definition) is 1. The van der Waals surface area contributed by atoms with Gasteiger partial charge in [-0.05, 0) is 44.2 Å². The highest BCUT2D eigenvalue weighted by molar-refractivity contribution is 5.27. The van der Waals surface area contributed by atoms with Gasteiger partial charge in [-0.2, -0.15) is 0 Å². The van der Waals surface area contributed by atoms with Gasteiger partial charge in [0.25, 0.3) is 0 Å². The highest BCUT2D eigenvalue weighted by Gasteiger charge is 2.23. The Kier molecular flexibility index (Phi) is 3.02. The van der Waals surface area contributed by atoms with E-state index in [0.717, 1.165) is 18.5 Å². The highest BCUT2D eigenvalue weighted by Crippen LogP contribution is 2.26. The Morgan fingerprint density at radius 2 is 2.43 bits per heavy atom. The van der Waals surface area contributed by atoms with Crippen LogP contribution in [-0.4, -0.2) is 18.8 Å². The van der Waals surface area contributed by atoms with Crippen LogP contribution in [-0.2, 0) is 0 Å². The third-order valence-electron chi connectivity index (χ3n) is 3.24. The monoisotopic (exact) mass is 195 g/mol. The molecule has 0 aromatic rings. The van der Waals surface area contributed by atoms with Crippen LogP contribution in [0.25, 0.3) is 0 Å². The lowest BCUT2D eigenvalue weighted by molar-refractivity contribution is 0.407. The van der Waals surface area contributed by atoms with Gasteiger partial charge >= 0.3 is 0 Å². The Morgan fingerprint density at radius 1 is 1.57 bits per heavy atom. The van der Waals surface area contributed by atoms with Crippen molar-refractivity contribution in [3.8, 4) is 0 Å². The fourth-order valence-corrected chi connectivity index (χ4v) is 2.32. The van der Waals surface area contributed by atoms with Crippen molar-refractivity contribution in [1.29, 1.82) is 0 Å². The van der Waals surface area contributed by atoms with Crippen LogP contribution >= 0.6 is 0 Å². The average Bonchev–Trinajstić information content (AvgIpc) is 2.71. The van der Waals surface area contributed by atoms with E-state index in [-0.39, 0.29) is 0 Å². The summed E-state index contributed by atoms with van der Waals surface area (Å²) in [6.45, 7) is 2.75. The van der Waals surface area contributed by atoms with E-state index >= 15 is 0 Å². The van der Waals surface area contributed by atoms with Crippen LogP contribution in [0, 0.1) is 5.92 Å². The summed E-state index contributed by atoms with van der Waals surface area (Å²) >= 11 is 0. The third kappa shape index (κ3) is 2.06. The minimum atomic E-state index is -0.816. The second-order valence-corrected chi connectivity index (χ2v) is 4.28.